The Morgan fingerprint density at radius 3 is 2.90 bits per heavy atom. The molecular formula is C21H16ClN5O2S2. The molecule has 7 nitrogen and oxygen atoms in total. The number of para-hydroxylation sites is 1. The van der Waals surface area contributed by atoms with Gasteiger partial charge in [0, 0.05) is 12.4 Å². The van der Waals surface area contributed by atoms with Crippen molar-refractivity contribution < 1.29 is 4.79 Å². The number of hydrogen-bond donors (Lipinski definition) is 1. The molecule has 0 aliphatic carbocycles. The number of rotatable bonds is 4. The molecule has 1 amide bonds. The molecule has 0 fully saturated rings. The molecule has 0 bridgehead atoms. The maximum absolute atomic E-state index is 13.1. The van der Waals surface area contributed by atoms with Gasteiger partial charge in [0.1, 0.15) is 15.4 Å². The smallest absolute Gasteiger partial charge is 0.268 e. The first-order chi connectivity index (χ1) is 14.9. The van der Waals surface area contributed by atoms with E-state index in [1.165, 1.54) is 22.7 Å². The fourth-order valence-corrected chi connectivity index (χ4v) is 5.53. The number of benzene rings is 1. The van der Waals surface area contributed by atoms with Crippen LogP contribution in [0.3, 0.4) is 0 Å². The van der Waals surface area contributed by atoms with E-state index in [9.17, 15) is 9.59 Å². The molecule has 0 aliphatic heterocycles. The number of hydrogen-bond acceptors (Lipinski definition) is 6. The van der Waals surface area contributed by atoms with Crippen molar-refractivity contribution in [2.45, 2.75) is 13.5 Å². The van der Waals surface area contributed by atoms with Crippen LogP contribution in [0, 0.1) is 6.92 Å². The minimum absolute atomic E-state index is 0.153. The summed E-state index contributed by atoms with van der Waals surface area (Å²) in [5.74, 6) is 0.297. The Labute approximate surface area is 189 Å². The number of aromatic nitrogens is 4. The highest BCUT2D eigenvalue weighted by molar-refractivity contribution is 7.20. The van der Waals surface area contributed by atoms with E-state index in [2.05, 4.69) is 15.1 Å². The molecule has 0 aliphatic rings. The van der Waals surface area contributed by atoms with Crippen LogP contribution in [-0.4, -0.2) is 37.6 Å². The number of carbonyl (C=O) groups excluding carboxylic acids is 1. The number of amides is 1. The maximum atomic E-state index is 13.1. The normalized spacial score (nSPS) is 11.5. The van der Waals surface area contributed by atoms with Crippen LogP contribution < -0.4 is 5.56 Å². The largest absolute Gasteiger partial charge is 0.334 e. The SMILES string of the molecule is Cc1nn(-c2ccccc2Cl)c2sc(C(=O)N(C)Cc3nc4ccsc4c(=O)[nH]3)cc12. The van der Waals surface area contributed by atoms with Crippen LogP contribution in [0.4, 0.5) is 0 Å². The molecule has 0 atom stereocenters. The number of thiophene rings is 2. The van der Waals surface area contributed by atoms with Gasteiger partial charge in [-0.15, -0.1) is 22.7 Å². The number of aryl methyl sites for hydroxylation is 1. The maximum Gasteiger partial charge on any atom is 0.268 e. The molecule has 5 rings (SSSR count). The molecule has 10 heteroatoms. The summed E-state index contributed by atoms with van der Waals surface area (Å²) in [4.78, 5) is 35.5. The molecule has 156 valence electrons. The standard InChI is InChI=1S/C21H16ClN5O2S2/c1-11-12-9-16(31-21(12)27(25-11)15-6-4-3-5-13(15)22)20(29)26(2)10-17-23-14-7-8-30-18(14)19(28)24-17/h3-9H,10H2,1-2H3,(H,23,24,28). The van der Waals surface area contributed by atoms with Crippen molar-refractivity contribution in [3.8, 4) is 5.69 Å². The highest BCUT2D eigenvalue weighted by Gasteiger charge is 2.21. The molecule has 0 unspecified atom stereocenters. The predicted octanol–water partition coefficient (Wildman–Crippen LogP) is 4.62. The summed E-state index contributed by atoms with van der Waals surface area (Å²) in [6.45, 7) is 2.11. The average molecular weight is 470 g/mol. The summed E-state index contributed by atoms with van der Waals surface area (Å²) < 4.78 is 2.36. The molecule has 0 saturated heterocycles. The van der Waals surface area contributed by atoms with E-state index in [1.54, 1.807) is 22.7 Å². The Balaban J connectivity index is 1.47. The molecule has 0 spiro atoms. The number of aromatic amines is 1. The van der Waals surface area contributed by atoms with Gasteiger partial charge >= 0.3 is 0 Å². The lowest BCUT2D eigenvalue weighted by Crippen LogP contribution is -2.27. The Bertz CT molecular complexity index is 1510. The van der Waals surface area contributed by atoms with E-state index >= 15 is 0 Å². The van der Waals surface area contributed by atoms with Crippen molar-refractivity contribution in [2.75, 3.05) is 7.05 Å². The molecule has 0 saturated carbocycles. The van der Waals surface area contributed by atoms with Crippen molar-refractivity contribution in [2.24, 2.45) is 0 Å². The Kier molecular flexibility index (Phi) is 4.88. The second kappa shape index (κ2) is 7.60. The van der Waals surface area contributed by atoms with Crippen LogP contribution in [0.2, 0.25) is 5.02 Å². The second-order valence-corrected chi connectivity index (χ2v) is 9.44. The van der Waals surface area contributed by atoms with E-state index < -0.39 is 0 Å². The average Bonchev–Trinajstić information content (AvgIpc) is 3.45. The summed E-state index contributed by atoms with van der Waals surface area (Å²) in [5.41, 5.74) is 2.04. The van der Waals surface area contributed by atoms with E-state index in [0.29, 0.717) is 25.9 Å². The van der Waals surface area contributed by atoms with Gasteiger partial charge in [-0.1, -0.05) is 23.7 Å². The van der Waals surface area contributed by atoms with Crippen LogP contribution >= 0.6 is 34.3 Å². The summed E-state index contributed by atoms with van der Waals surface area (Å²) in [7, 11) is 1.69. The molecule has 1 aromatic carbocycles. The van der Waals surface area contributed by atoms with Gasteiger partial charge < -0.3 is 9.88 Å². The first kappa shape index (κ1) is 19.9. The van der Waals surface area contributed by atoms with Gasteiger partial charge in [0.05, 0.1) is 33.3 Å². The zero-order valence-corrected chi connectivity index (χ0v) is 18.9. The van der Waals surface area contributed by atoms with Gasteiger partial charge in [-0.2, -0.15) is 5.10 Å². The van der Waals surface area contributed by atoms with Crippen molar-refractivity contribution in [1.29, 1.82) is 0 Å². The molecule has 4 heterocycles. The van der Waals surface area contributed by atoms with E-state index in [-0.39, 0.29) is 18.0 Å². The Hall–Kier alpha value is -3.01. The highest BCUT2D eigenvalue weighted by atomic mass is 35.5. The Morgan fingerprint density at radius 2 is 2.10 bits per heavy atom. The highest BCUT2D eigenvalue weighted by Crippen LogP contribution is 2.33. The summed E-state index contributed by atoms with van der Waals surface area (Å²) in [6.07, 6.45) is 0. The minimum Gasteiger partial charge on any atom is -0.334 e. The molecule has 31 heavy (non-hydrogen) atoms. The third kappa shape index (κ3) is 3.44. The first-order valence-electron chi connectivity index (χ1n) is 9.38. The Morgan fingerprint density at radius 1 is 1.29 bits per heavy atom. The monoisotopic (exact) mass is 469 g/mol. The van der Waals surface area contributed by atoms with Crippen molar-refractivity contribution in [3.05, 3.63) is 73.6 Å². The van der Waals surface area contributed by atoms with Gasteiger partial charge in [-0.05, 0) is 36.6 Å². The number of nitrogens with zero attached hydrogens (tertiary/aromatic N) is 4. The zero-order chi connectivity index (χ0) is 21.7. The number of carbonyl (C=O) groups is 1. The van der Waals surface area contributed by atoms with Gasteiger partial charge in [-0.3, -0.25) is 9.59 Å². The predicted molar refractivity (Wildman–Crippen MR) is 125 cm³/mol. The van der Waals surface area contributed by atoms with E-state index in [0.717, 1.165) is 21.6 Å². The van der Waals surface area contributed by atoms with Crippen LogP contribution in [0.15, 0.2) is 46.6 Å². The third-order valence-electron chi connectivity index (χ3n) is 4.93. The van der Waals surface area contributed by atoms with Gasteiger partial charge in [-0.25, -0.2) is 9.67 Å². The number of fused-ring (bicyclic) bond motifs is 2. The fraction of sp³-hybridized carbons (Fsp3) is 0.143. The lowest BCUT2D eigenvalue weighted by molar-refractivity contribution is 0.0786. The summed E-state index contributed by atoms with van der Waals surface area (Å²) >= 11 is 9.07. The molecular weight excluding hydrogens is 454 g/mol. The van der Waals surface area contributed by atoms with Crippen LogP contribution in [0.1, 0.15) is 21.2 Å². The number of nitrogens with one attached hydrogen (secondary N) is 1. The molecule has 1 N–H and O–H groups in total. The van der Waals surface area contributed by atoms with Gasteiger partial charge in [0.2, 0.25) is 0 Å². The summed E-state index contributed by atoms with van der Waals surface area (Å²) in [6, 6.07) is 11.1. The first-order valence-corrected chi connectivity index (χ1v) is 11.5. The molecule has 4 aromatic heterocycles. The lowest BCUT2D eigenvalue weighted by atomic mass is 10.3. The minimum atomic E-state index is -0.187. The lowest BCUT2D eigenvalue weighted by Gasteiger charge is -2.15. The van der Waals surface area contributed by atoms with Crippen LogP contribution in [-0.2, 0) is 6.54 Å². The number of halogens is 1. The molecule has 5 aromatic rings. The van der Waals surface area contributed by atoms with E-state index in [1.807, 2.05) is 42.6 Å². The third-order valence-corrected chi connectivity index (χ3v) is 7.25. The van der Waals surface area contributed by atoms with Gasteiger partial charge in [0.25, 0.3) is 11.5 Å². The zero-order valence-electron chi connectivity index (χ0n) is 16.5. The second-order valence-electron chi connectivity index (χ2n) is 7.09. The topological polar surface area (TPSA) is 83.9 Å². The quantitative estimate of drug-likeness (QED) is 0.416. The van der Waals surface area contributed by atoms with E-state index in [4.69, 9.17) is 11.6 Å². The number of H-pyrrole nitrogens is 1. The van der Waals surface area contributed by atoms with Crippen LogP contribution in [0.25, 0.3) is 26.1 Å². The van der Waals surface area contributed by atoms with Gasteiger partial charge in [0.15, 0.2) is 0 Å². The fourth-order valence-electron chi connectivity index (χ4n) is 3.42. The van der Waals surface area contributed by atoms with Crippen molar-refractivity contribution in [1.82, 2.24) is 24.6 Å². The van der Waals surface area contributed by atoms with Crippen LogP contribution in [0.5, 0.6) is 0 Å². The van der Waals surface area contributed by atoms with Crippen molar-refractivity contribution in [3.63, 3.8) is 0 Å². The van der Waals surface area contributed by atoms with Crippen molar-refractivity contribution >= 4 is 60.6 Å². The summed E-state index contributed by atoms with van der Waals surface area (Å²) in [5, 5.41) is 7.92. The molecule has 0 radical (unpaired) electrons.